The number of rotatable bonds is 4. The van der Waals surface area contributed by atoms with E-state index in [9.17, 15) is 9.59 Å². The summed E-state index contributed by atoms with van der Waals surface area (Å²) >= 11 is 5.41. The predicted molar refractivity (Wildman–Crippen MR) is 123 cm³/mol. The van der Waals surface area contributed by atoms with E-state index in [1.165, 1.54) is 17.4 Å². The van der Waals surface area contributed by atoms with Gasteiger partial charge in [0.05, 0.1) is 23.0 Å². The van der Waals surface area contributed by atoms with Gasteiger partial charge in [-0.15, -0.1) is 0 Å². The van der Waals surface area contributed by atoms with Crippen molar-refractivity contribution in [3.8, 4) is 5.69 Å². The van der Waals surface area contributed by atoms with Crippen molar-refractivity contribution < 1.29 is 4.79 Å². The molecule has 0 spiro atoms. The summed E-state index contributed by atoms with van der Waals surface area (Å²) in [5.41, 5.74) is 2.17. The molecule has 0 radical (unpaired) electrons. The number of benzene rings is 2. The number of aromatic nitrogens is 2. The molecule has 1 aliphatic rings. The molecule has 1 saturated carbocycles. The number of para-hydroxylation sites is 1. The van der Waals surface area contributed by atoms with Crippen LogP contribution in [0.2, 0.25) is 0 Å². The SMILES string of the molecule is C[C@H]1[C@H](C)CCC[C@H]1NC(=O)Cc1ccc(-n2c(=S)[nH]c3ccccc3c2=O)cc1. The van der Waals surface area contributed by atoms with E-state index >= 15 is 0 Å². The van der Waals surface area contributed by atoms with Gasteiger partial charge in [-0.3, -0.25) is 14.2 Å². The number of hydrogen-bond acceptors (Lipinski definition) is 3. The third-order valence-corrected chi connectivity index (χ3v) is 6.70. The first kappa shape index (κ1) is 20.5. The third kappa shape index (κ3) is 4.10. The minimum Gasteiger partial charge on any atom is -0.353 e. The number of nitrogens with zero attached hydrogens (tertiary/aromatic N) is 1. The maximum absolute atomic E-state index is 12.9. The van der Waals surface area contributed by atoms with Crippen molar-refractivity contribution in [1.82, 2.24) is 14.9 Å². The monoisotopic (exact) mass is 421 g/mol. The van der Waals surface area contributed by atoms with Gasteiger partial charge in [-0.1, -0.05) is 51.0 Å². The molecule has 5 nitrogen and oxygen atoms in total. The van der Waals surface area contributed by atoms with Crippen LogP contribution in [0.25, 0.3) is 16.6 Å². The van der Waals surface area contributed by atoms with Gasteiger partial charge < -0.3 is 10.3 Å². The number of carbonyl (C=O) groups excluding carboxylic acids is 1. The summed E-state index contributed by atoms with van der Waals surface area (Å²) in [6.45, 7) is 4.50. The summed E-state index contributed by atoms with van der Waals surface area (Å²) in [6.07, 6.45) is 3.80. The van der Waals surface area contributed by atoms with Crippen LogP contribution in [0.5, 0.6) is 0 Å². The number of nitrogens with one attached hydrogen (secondary N) is 2. The lowest BCUT2D eigenvalue weighted by Crippen LogP contribution is -2.44. The molecule has 0 aliphatic heterocycles. The van der Waals surface area contributed by atoms with Crippen LogP contribution < -0.4 is 10.9 Å². The summed E-state index contributed by atoms with van der Waals surface area (Å²) in [5, 5.41) is 3.80. The van der Waals surface area contributed by atoms with Gasteiger partial charge in [-0.05, 0) is 60.3 Å². The smallest absolute Gasteiger partial charge is 0.266 e. The normalized spacial score (nSPS) is 21.5. The molecule has 0 bridgehead atoms. The van der Waals surface area contributed by atoms with Crippen LogP contribution in [0.15, 0.2) is 53.3 Å². The Bertz CT molecular complexity index is 1180. The van der Waals surface area contributed by atoms with Gasteiger partial charge >= 0.3 is 0 Å². The van der Waals surface area contributed by atoms with E-state index in [1.807, 2.05) is 42.5 Å². The van der Waals surface area contributed by atoms with Gasteiger partial charge in [0.15, 0.2) is 4.77 Å². The molecule has 6 heteroatoms. The molecular formula is C24H27N3O2S. The Morgan fingerprint density at radius 2 is 1.87 bits per heavy atom. The predicted octanol–water partition coefficient (Wildman–Crippen LogP) is 4.53. The number of fused-ring (bicyclic) bond motifs is 1. The lowest BCUT2D eigenvalue weighted by Gasteiger charge is -2.34. The van der Waals surface area contributed by atoms with Crippen LogP contribution in [-0.4, -0.2) is 21.5 Å². The second kappa shape index (κ2) is 8.56. The van der Waals surface area contributed by atoms with Crippen molar-refractivity contribution in [3.05, 3.63) is 69.2 Å². The highest BCUT2D eigenvalue weighted by atomic mass is 32.1. The number of hydrogen-bond donors (Lipinski definition) is 2. The zero-order valence-corrected chi connectivity index (χ0v) is 18.2. The van der Waals surface area contributed by atoms with Gasteiger partial charge in [0.25, 0.3) is 5.56 Å². The summed E-state index contributed by atoms with van der Waals surface area (Å²) in [6, 6.07) is 15.0. The van der Waals surface area contributed by atoms with Gasteiger partial charge in [0, 0.05) is 6.04 Å². The van der Waals surface area contributed by atoms with E-state index in [-0.39, 0.29) is 17.5 Å². The Morgan fingerprint density at radius 1 is 1.13 bits per heavy atom. The molecule has 1 amide bonds. The molecule has 156 valence electrons. The molecule has 1 heterocycles. The van der Waals surface area contributed by atoms with Crippen LogP contribution >= 0.6 is 12.2 Å². The number of H-pyrrole nitrogens is 1. The molecule has 1 fully saturated rings. The van der Waals surface area contributed by atoms with E-state index in [4.69, 9.17) is 12.2 Å². The molecule has 1 aromatic heterocycles. The molecule has 2 N–H and O–H groups in total. The number of aromatic amines is 1. The van der Waals surface area contributed by atoms with Crippen LogP contribution in [0.1, 0.15) is 38.7 Å². The molecule has 3 aromatic rings. The van der Waals surface area contributed by atoms with Gasteiger partial charge in [-0.25, -0.2) is 0 Å². The van der Waals surface area contributed by atoms with Crippen molar-refractivity contribution >= 4 is 29.0 Å². The van der Waals surface area contributed by atoms with Gasteiger partial charge in [0.2, 0.25) is 5.91 Å². The molecular weight excluding hydrogens is 394 g/mol. The fourth-order valence-electron chi connectivity index (χ4n) is 4.39. The molecule has 2 aromatic carbocycles. The second-order valence-corrected chi connectivity index (χ2v) is 8.79. The lowest BCUT2D eigenvalue weighted by atomic mass is 9.78. The van der Waals surface area contributed by atoms with Crippen molar-refractivity contribution in [3.63, 3.8) is 0 Å². The summed E-state index contributed by atoms with van der Waals surface area (Å²) < 4.78 is 1.84. The van der Waals surface area contributed by atoms with Gasteiger partial charge in [-0.2, -0.15) is 0 Å². The minimum atomic E-state index is -0.153. The number of amides is 1. The maximum Gasteiger partial charge on any atom is 0.266 e. The largest absolute Gasteiger partial charge is 0.353 e. The zero-order chi connectivity index (χ0) is 21.3. The highest BCUT2D eigenvalue weighted by Gasteiger charge is 2.28. The van der Waals surface area contributed by atoms with Crippen molar-refractivity contribution in [1.29, 1.82) is 0 Å². The van der Waals surface area contributed by atoms with E-state index in [0.717, 1.165) is 17.5 Å². The topological polar surface area (TPSA) is 66.9 Å². The van der Waals surface area contributed by atoms with E-state index < -0.39 is 0 Å². The first-order chi connectivity index (χ1) is 14.4. The average molecular weight is 422 g/mol. The van der Waals surface area contributed by atoms with Gasteiger partial charge in [0.1, 0.15) is 0 Å². The molecule has 1 aliphatic carbocycles. The van der Waals surface area contributed by atoms with Crippen molar-refractivity contribution in [2.75, 3.05) is 0 Å². The maximum atomic E-state index is 12.9. The minimum absolute atomic E-state index is 0.0499. The first-order valence-corrected chi connectivity index (χ1v) is 11.0. The highest BCUT2D eigenvalue weighted by molar-refractivity contribution is 7.71. The van der Waals surface area contributed by atoms with Crippen LogP contribution in [0.3, 0.4) is 0 Å². The Labute approximate surface area is 181 Å². The molecule has 0 unspecified atom stereocenters. The third-order valence-electron chi connectivity index (χ3n) is 6.42. The molecule has 30 heavy (non-hydrogen) atoms. The van der Waals surface area contributed by atoms with E-state index in [0.29, 0.717) is 34.1 Å². The fourth-order valence-corrected chi connectivity index (χ4v) is 4.69. The summed E-state index contributed by atoms with van der Waals surface area (Å²) in [7, 11) is 0. The summed E-state index contributed by atoms with van der Waals surface area (Å²) in [5.74, 6) is 1.20. The zero-order valence-electron chi connectivity index (χ0n) is 17.4. The van der Waals surface area contributed by atoms with Crippen molar-refractivity contribution in [2.45, 2.75) is 45.6 Å². The Kier molecular flexibility index (Phi) is 5.86. The van der Waals surface area contributed by atoms with E-state index in [2.05, 4.69) is 24.1 Å². The molecule has 3 atom stereocenters. The standard InChI is InChI=1S/C24H27N3O2S/c1-15-6-5-9-20(16(15)2)25-22(28)14-17-10-12-18(13-11-17)27-23(29)19-7-3-4-8-21(19)26-24(27)30/h3-4,7-8,10-13,15-16,20H,5-6,9,14H2,1-2H3,(H,25,28)(H,26,30)/t15-,16+,20-/m1/s1. The number of carbonyl (C=O) groups is 1. The highest BCUT2D eigenvalue weighted by Crippen LogP contribution is 2.29. The Hall–Kier alpha value is -2.73. The lowest BCUT2D eigenvalue weighted by molar-refractivity contribution is -0.121. The average Bonchev–Trinajstić information content (AvgIpc) is 2.73. The van der Waals surface area contributed by atoms with Crippen LogP contribution in [-0.2, 0) is 11.2 Å². The van der Waals surface area contributed by atoms with Crippen molar-refractivity contribution in [2.24, 2.45) is 11.8 Å². The second-order valence-electron chi connectivity index (χ2n) is 8.40. The Morgan fingerprint density at radius 3 is 2.63 bits per heavy atom. The fraction of sp³-hybridized carbons (Fsp3) is 0.375. The first-order valence-electron chi connectivity index (χ1n) is 10.6. The molecule has 4 rings (SSSR count). The van der Waals surface area contributed by atoms with Crippen LogP contribution in [0, 0.1) is 16.6 Å². The van der Waals surface area contributed by atoms with E-state index in [1.54, 1.807) is 6.07 Å². The quantitative estimate of drug-likeness (QED) is 0.608. The summed E-state index contributed by atoms with van der Waals surface area (Å²) in [4.78, 5) is 28.6. The van der Waals surface area contributed by atoms with Crippen LogP contribution in [0.4, 0.5) is 0 Å². The molecule has 0 saturated heterocycles. The Balaban J connectivity index is 1.51.